The summed E-state index contributed by atoms with van der Waals surface area (Å²) in [7, 11) is 1.59. The molecule has 0 saturated carbocycles. The number of anilines is 1. The molecule has 6 nitrogen and oxygen atoms in total. The zero-order chi connectivity index (χ0) is 23.2. The number of amides is 1. The fourth-order valence-electron chi connectivity index (χ4n) is 3.09. The Kier molecular flexibility index (Phi) is 7.07. The van der Waals surface area contributed by atoms with Crippen LogP contribution in [-0.2, 0) is 4.79 Å². The number of rotatable bonds is 8. The lowest BCUT2D eigenvalue weighted by Gasteiger charge is -2.06. The lowest BCUT2D eigenvalue weighted by atomic mass is 10.1. The summed E-state index contributed by atoms with van der Waals surface area (Å²) in [6, 6.07) is 24.3. The van der Waals surface area contributed by atoms with E-state index in [9.17, 15) is 9.59 Å². The molecular weight excluding hydrogens is 456 g/mol. The van der Waals surface area contributed by atoms with Gasteiger partial charge >= 0.3 is 5.97 Å². The standard InChI is InChI=1S/C25H20N2O4S2/c1-31-19-11-9-18(10-12-19)26-24(30)22-23(16-5-3-2-4-6-16)33-25(27-22)17-7-13-20(14-8-17)32-15-21(28)29/h2-14H,15H2,1H3,(H,26,30)(H,28,29). The van der Waals surface area contributed by atoms with E-state index >= 15 is 0 Å². The summed E-state index contributed by atoms with van der Waals surface area (Å²) in [6.45, 7) is 0. The lowest BCUT2D eigenvalue weighted by molar-refractivity contribution is -0.133. The number of carboxylic acid groups (broad SMARTS) is 1. The molecule has 33 heavy (non-hydrogen) atoms. The number of nitrogens with zero attached hydrogens (tertiary/aromatic N) is 1. The number of carboxylic acids is 1. The minimum Gasteiger partial charge on any atom is -0.497 e. The van der Waals surface area contributed by atoms with E-state index in [4.69, 9.17) is 9.84 Å². The first-order chi connectivity index (χ1) is 16.0. The number of methoxy groups -OCH3 is 1. The highest BCUT2D eigenvalue weighted by atomic mass is 32.2. The van der Waals surface area contributed by atoms with Gasteiger partial charge in [0.25, 0.3) is 5.91 Å². The van der Waals surface area contributed by atoms with Gasteiger partial charge in [0.2, 0.25) is 0 Å². The number of ether oxygens (including phenoxy) is 1. The summed E-state index contributed by atoms with van der Waals surface area (Å²) in [5, 5.41) is 12.5. The minimum atomic E-state index is -0.857. The van der Waals surface area contributed by atoms with Crippen LogP contribution in [0.15, 0.2) is 83.8 Å². The number of hydrogen-bond acceptors (Lipinski definition) is 6. The predicted octanol–water partition coefficient (Wildman–Crippen LogP) is 5.91. The van der Waals surface area contributed by atoms with Crippen molar-refractivity contribution in [3.63, 3.8) is 0 Å². The SMILES string of the molecule is COc1ccc(NC(=O)c2nc(-c3ccc(SCC(=O)O)cc3)sc2-c2ccccc2)cc1. The molecule has 0 aliphatic heterocycles. The van der Waals surface area contributed by atoms with Gasteiger partial charge in [-0.1, -0.05) is 42.5 Å². The number of carbonyl (C=O) groups excluding carboxylic acids is 1. The Labute approximate surface area is 199 Å². The molecule has 2 N–H and O–H groups in total. The topological polar surface area (TPSA) is 88.5 Å². The van der Waals surface area contributed by atoms with Gasteiger partial charge < -0.3 is 15.2 Å². The van der Waals surface area contributed by atoms with Crippen LogP contribution in [0, 0.1) is 0 Å². The Hall–Kier alpha value is -3.62. The minimum absolute atomic E-state index is 0.00440. The average Bonchev–Trinajstić information content (AvgIpc) is 3.30. The van der Waals surface area contributed by atoms with Crippen LogP contribution in [0.25, 0.3) is 21.0 Å². The van der Waals surface area contributed by atoms with Crippen LogP contribution in [0.5, 0.6) is 5.75 Å². The third-order valence-corrected chi connectivity index (χ3v) is 6.84. The maximum absolute atomic E-state index is 13.2. The highest BCUT2D eigenvalue weighted by Gasteiger charge is 2.20. The van der Waals surface area contributed by atoms with Crippen molar-refractivity contribution in [1.82, 2.24) is 4.98 Å². The molecule has 0 spiro atoms. The van der Waals surface area contributed by atoms with Crippen molar-refractivity contribution >= 4 is 40.7 Å². The van der Waals surface area contributed by atoms with Crippen LogP contribution >= 0.6 is 23.1 Å². The molecule has 1 amide bonds. The maximum Gasteiger partial charge on any atom is 0.313 e. The molecule has 0 atom stereocenters. The number of aliphatic carboxylic acids is 1. The molecule has 4 aromatic rings. The van der Waals surface area contributed by atoms with E-state index in [1.165, 1.54) is 23.1 Å². The van der Waals surface area contributed by atoms with Gasteiger partial charge in [0.1, 0.15) is 16.5 Å². The summed E-state index contributed by atoms with van der Waals surface area (Å²) >= 11 is 2.70. The van der Waals surface area contributed by atoms with E-state index in [1.807, 2.05) is 54.6 Å². The quantitative estimate of drug-likeness (QED) is 0.307. The summed E-state index contributed by atoms with van der Waals surface area (Å²) in [5.41, 5.74) is 2.77. The Morgan fingerprint density at radius 2 is 1.67 bits per heavy atom. The summed E-state index contributed by atoms with van der Waals surface area (Å²) in [5.74, 6) is -0.442. The zero-order valence-corrected chi connectivity index (χ0v) is 19.3. The molecule has 8 heteroatoms. The van der Waals surface area contributed by atoms with Crippen LogP contribution < -0.4 is 10.1 Å². The Bertz CT molecular complexity index is 1250. The molecule has 0 aliphatic rings. The Morgan fingerprint density at radius 1 is 0.970 bits per heavy atom. The van der Waals surface area contributed by atoms with Crippen molar-refractivity contribution in [1.29, 1.82) is 0 Å². The first-order valence-corrected chi connectivity index (χ1v) is 11.8. The van der Waals surface area contributed by atoms with E-state index in [-0.39, 0.29) is 11.7 Å². The normalized spacial score (nSPS) is 10.6. The number of benzene rings is 3. The van der Waals surface area contributed by atoms with Gasteiger partial charge in [0, 0.05) is 16.1 Å². The summed E-state index contributed by atoms with van der Waals surface area (Å²) < 4.78 is 5.17. The molecule has 3 aromatic carbocycles. The molecule has 0 radical (unpaired) electrons. The molecule has 166 valence electrons. The monoisotopic (exact) mass is 476 g/mol. The molecule has 0 aliphatic carbocycles. The van der Waals surface area contributed by atoms with Gasteiger partial charge in [-0.2, -0.15) is 0 Å². The third-order valence-electron chi connectivity index (χ3n) is 4.69. The van der Waals surface area contributed by atoms with E-state index < -0.39 is 5.97 Å². The second-order valence-corrected chi connectivity index (χ2v) is 9.00. The van der Waals surface area contributed by atoms with Crippen LogP contribution in [0.4, 0.5) is 5.69 Å². The molecule has 4 rings (SSSR count). The second kappa shape index (κ2) is 10.3. The van der Waals surface area contributed by atoms with Crippen LogP contribution in [0.3, 0.4) is 0 Å². The van der Waals surface area contributed by atoms with Gasteiger partial charge in [-0.05, 0) is 42.0 Å². The average molecular weight is 477 g/mol. The van der Waals surface area contributed by atoms with E-state index in [1.54, 1.807) is 31.4 Å². The number of aromatic nitrogens is 1. The van der Waals surface area contributed by atoms with Gasteiger partial charge in [0.15, 0.2) is 0 Å². The molecule has 0 unspecified atom stereocenters. The fraction of sp³-hybridized carbons (Fsp3) is 0.0800. The highest BCUT2D eigenvalue weighted by Crippen LogP contribution is 2.36. The van der Waals surface area contributed by atoms with Crippen molar-refractivity contribution < 1.29 is 19.4 Å². The van der Waals surface area contributed by atoms with Crippen LogP contribution in [0.2, 0.25) is 0 Å². The van der Waals surface area contributed by atoms with Gasteiger partial charge in [-0.15, -0.1) is 23.1 Å². The van der Waals surface area contributed by atoms with Gasteiger partial charge in [0.05, 0.1) is 17.7 Å². The van der Waals surface area contributed by atoms with Gasteiger partial charge in [-0.3, -0.25) is 9.59 Å². The van der Waals surface area contributed by atoms with Crippen LogP contribution in [-0.4, -0.2) is 34.8 Å². The lowest BCUT2D eigenvalue weighted by Crippen LogP contribution is -2.13. The smallest absolute Gasteiger partial charge is 0.313 e. The largest absolute Gasteiger partial charge is 0.497 e. The molecule has 0 fully saturated rings. The summed E-state index contributed by atoms with van der Waals surface area (Å²) in [4.78, 5) is 30.3. The molecule has 1 aromatic heterocycles. The third kappa shape index (κ3) is 5.60. The van der Waals surface area contributed by atoms with Crippen LogP contribution in [0.1, 0.15) is 10.5 Å². The first kappa shape index (κ1) is 22.6. The number of thioether (sulfide) groups is 1. The second-order valence-electron chi connectivity index (χ2n) is 6.95. The fourth-order valence-corrected chi connectivity index (χ4v) is 4.78. The number of thiazole rings is 1. The molecular formula is C25H20N2O4S2. The molecule has 0 bridgehead atoms. The number of carbonyl (C=O) groups is 2. The molecule has 1 heterocycles. The molecule has 0 saturated heterocycles. The number of nitrogens with one attached hydrogen (secondary N) is 1. The Balaban J connectivity index is 1.64. The van der Waals surface area contributed by atoms with Crippen molar-refractivity contribution in [3.8, 4) is 26.8 Å². The number of hydrogen-bond donors (Lipinski definition) is 2. The predicted molar refractivity (Wildman–Crippen MR) is 132 cm³/mol. The first-order valence-electron chi connectivity index (χ1n) is 10.00. The van der Waals surface area contributed by atoms with Gasteiger partial charge in [-0.25, -0.2) is 4.98 Å². The van der Waals surface area contributed by atoms with Crippen molar-refractivity contribution in [2.24, 2.45) is 0 Å². The van der Waals surface area contributed by atoms with E-state index in [2.05, 4.69) is 10.3 Å². The van der Waals surface area contributed by atoms with E-state index in [0.717, 1.165) is 20.9 Å². The van der Waals surface area contributed by atoms with E-state index in [0.29, 0.717) is 22.1 Å². The summed E-state index contributed by atoms with van der Waals surface area (Å²) in [6.07, 6.45) is 0. The maximum atomic E-state index is 13.2. The van der Waals surface area contributed by atoms with Crippen molar-refractivity contribution in [2.45, 2.75) is 4.90 Å². The van der Waals surface area contributed by atoms with Crippen molar-refractivity contribution in [3.05, 3.63) is 84.6 Å². The van der Waals surface area contributed by atoms with Crippen molar-refractivity contribution in [2.75, 3.05) is 18.2 Å². The zero-order valence-electron chi connectivity index (χ0n) is 17.6. The Morgan fingerprint density at radius 3 is 2.30 bits per heavy atom. The highest BCUT2D eigenvalue weighted by molar-refractivity contribution is 8.00.